The zero-order valence-electron chi connectivity index (χ0n) is 16.2. The number of hydrogen-bond donors (Lipinski definition) is 2. The van der Waals surface area contributed by atoms with Crippen LogP contribution in [0.5, 0.6) is 0 Å². The molecular weight excluding hydrogens is 456 g/mol. The monoisotopic (exact) mass is 492 g/mol. The lowest BCUT2D eigenvalue weighted by Crippen LogP contribution is -3.00. The zero-order chi connectivity index (χ0) is 18.3. The fraction of sp³-hybridized carbons (Fsp3) is 0.800. The van der Waals surface area contributed by atoms with Gasteiger partial charge < -0.3 is 37.8 Å². The minimum atomic E-state index is 0. The van der Waals surface area contributed by atoms with Crippen LogP contribution in [0.4, 0.5) is 0 Å². The third-order valence-corrected chi connectivity index (χ3v) is 6.94. The molecule has 4 bridgehead atoms. The van der Waals surface area contributed by atoms with Gasteiger partial charge in [-0.05, 0) is 43.8 Å². The lowest BCUT2D eigenvalue weighted by Gasteiger charge is -2.51. The summed E-state index contributed by atoms with van der Waals surface area (Å²) < 4.78 is 1.22. The molecule has 0 aromatic rings. The number of rotatable bonds is 3. The van der Waals surface area contributed by atoms with Gasteiger partial charge in [-0.15, -0.1) is 6.58 Å². The molecule has 0 spiro atoms. The van der Waals surface area contributed by atoms with Gasteiger partial charge in [0.2, 0.25) is 0 Å². The van der Waals surface area contributed by atoms with Crippen molar-refractivity contribution in [1.29, 1.82) is 0 Å². The van der Waals surface area contributed by atoms with Crippen molar-refractivity contribution in [3.8, 4) is 0 Å². The largest absolute Gasteiger partial charge is 1.00 e. The third kappa shape index (κ3) is 6.71. The lowest BCUT2D eigenvalue weighted by atomic mass is 9.82. The van der Waals surface area contributed by atoms with Gasteiger partial charge in [-0.1, -0.05) is 28.6 Å². The normalized spacial score (nSPS) is 39.4. The summed E-state index contributed by atoms with van der Waals surface area (Å²) in [6, 6.07) is 0.958. The number of alkyl halides is 1. The van der Waals surface area contributed by atoms with E-state index in [0.717, 1.165) is 30.3 Å². The van der Waals surface area contributed by atoms with Crippen LogP contribution in [-0.2, 0) is 0 Å². The van der Waals surface area contributed by atoms with Crippen molar-refractivity contribution in [2.45, 2.75) is 37.8 Å². The summed E-state index contributed by atoms with van der Waals surface area (Å²) in [6.07, 6.45) is 9.23. The van der Waals surface area contributed by atoms with E-state index in [1.165, 1.54) is 62.9 Å². The van der Waals surface area contributed by atoms with E-state index in [4.69, 9.17) is 11.5 Å². The number of fused-ring (bicyclic) bond motifs is 6. The number of quaternary nitrogens is 1. The molecule has 6 heterocycles. The Hall–Kier alpha value is 0.280. The highest BCUT2D eigenvalue weighted by Gasteiger charge is 2.43. The van der Waals surface area contributed by atoms with E-state index in [0.29, 0.717) is 12.1 Å². The number of piperidine rings is 6. The standard InChI is InChI=1S/C10H19N2.C7H14N2.C3H5Br.BrH/c1-2-5-12-6-3-9(4-7-12)10(11)8-12;8-7-5-9-3-1-6(7)2-4-9;1-2-3-4;/h2,9-10H,1,3-8,11H2;6-7H,1-5,8H2;2H,1,3H2;1H/q+1;;;/p-1. The molecule has 0 saturated carbocycles. The molecule has 0 aliphatic carbocycles. The molecule has 4 nitrogen and oxygen atoms in total. The first-order valence-corrected chi connectivity index (χ1v) is 11.0. The molecule has 6 fully saturated rings. The van der Waals surface area contributed by atoms with E-state index < -0.39 is 0 Å². The molecule has 6 saturated heterocycles. The van der Waals surface area contributed by atoms with Gasteiger partial charge >= 0.3 is 0 Å². The van der Waals surface area contributed by atoms with Crippen molar-refractivity contribution < 1.29 is 21.5 Å². The second-order valence-electron chi connectivity index (χ2n) is 8.19. The van der Waals surface area contributed by atoms with E-state index in [1.54, 1.807) is 6.08 Å². The van der Waals surface area contributed by atoms with Crippen molar-refractivity contribution in [1.82, 2.24) is 4.90 Å². The molecule has 2 unspecified atom stereocenters. The van der Waals surface area contributed by atoms with Crippen molar-refractivity contribution in [3.63, 3.8) is 0 Å². The summed E-state index contributed by atoms with van der Waals surface area (Å²) in [5.74, 6) is 1.69. The van der Waals surface area contributed by atoms with Crippen LogP contribution in [0, 0.1) is 11.8 Å². The molecule has 6 rings (SSSR count). The molecule has 152 valence electrons. The number of halogens is 2. The van der Waals surface area contributed by atoms with Crippen molar-refractivity contribution in [2.75, 3.05) is 51.1 Å². The van der Waals surface area contributed by atoms with Crippen LogP contribution in [0.2, 0.25) is 0 Å². The van der Waals surface area contributed by atoms with Crippen LogP contribution in [-0.4, -0.2) is 72.6 Å². The second-order valence-corrected chi connectivity index (χ2v) is 8.84. The minimum Gasteiger partial charge on any atom is -1.00 e. The van der Waals surface area contributed by atoms with Gasteiger partial charge in [0.1, 0.15) is 0 Å². The van der Waals surface area contributed by atoms with E-state index in [2.05, 4.69) is 40.1 Å². The molecule has 26 heavy (non-hydrogen) atoms. The van der Waals surface area contributed by atoms with Gasteiger partial charge in [0, 0.05) is 30.8 Å². The van der Waals surface area contributed by atoms with Crippen LogP contribution in [0.3, 0.4) is 0 Å². The zero-order valence-corrected chi connectivity index (χ0v) is 19.3. The molecule has 6 aliphatic rings. The predicted molar refractivity (Wildman–Crippen MR) is 112 cm³/mol. The van der Waals surface area contributed by atoms with Crippen molar-refractivity contribution in [3.05, 3.63) is 25.3 Å². The third-order valence-electron chi connectivity index (χ3n) is 6.48. The van der Waals surface area contributed by atoms with E-state index in [9.17, 15) is 0 Å². The molecule has 6 heteroatoms. The Kier molecular flexibility index (Phi) is 11.2. The fourth-order valence-corrected chi connectivity index (χ4v) is 4.88. The van der Waals surface area contributed by atoms with Crippen molar-refractivity contribution >= 4 is 15.9 Å². The highest BCUT2D eigenvalue weighted by atomic mass is 79.9. The Balaban J connectivity index is 0.000000215. The molecule has 6 aliphatic heterocycles. The number of hydrogen-bond acceptors (Lipinski definition) is 3. The van der Waals surface area contributed by atoms with Gasteiger partial charge in [-0.3, -0.25) is 0 Å². The smallest absolute Gasteiger partial charge is 0.0971 e. The topological polar surface area (TPSA) is 55.3 Å². The average Bonchev–Trinajstić information content (AvgIpc) is 2.64. The van der Waals surface area contributed by atoms with Crippen LogP contribution < -0.4 is 28.4 Å². The molecule has 4 N–H and O–H groups in total. The predicted octanol–water partition coefficient (Wildman–Crippen LogP) is -0.649. The fourth-order valence-electron chi connectivity index (χ4n) is 4.88. The molecule has 0 aromatic carbocycles. The first-order chi connectivity index (χ1) is 12.0. The van der Waals surface area contributed by atoms with Crippen LogP contribution >= 0.6 is 15.9 Å². The maximum Gasteiger partial charge on any atom is 0.0971 e. The maximum absolute atomic E-state index is 6.09. The summed E-state index contributed by atoms with van der Waals surface area (Å²) >= 11 is 3.13. The van der Waals surface area contributed by atoms with Crippen LogP contribution in [0.25, 0.3) is 0 Å². The highest BCUT2D eigenvalue weighted by molar-refractivity contribution is 9.09. The van der Waals surface area contributed by atoms with Crippen LogP contribution in [0.15, 0.2) is 25.3 Å². The molecular formula is C20H38Br2N4. The second kappa shape index (κ2) is 12.0. The summed E-state index contributed by atoms with van der Waals surface area (Å²) in [5.41, 5.74) is 12.0. The van der Waals surface area contributed by atoms with Crippen LogP contribution in [0.1, 0.15) is 25.7 Å². The Morgan fingerprint density at radius 3 is 1.81 bits per heavy atom. The first kappa shape index (κ1) is 24.3. The summed E-state index contributed by atoms with van der Waals surface area (Å²) in [7, 11) is 0. The Bertz CT molecular complexity index is 416. The van der Waals surface area contributed by atoms with Gasteiger partial charge in [0.05, 0.1) is 32.2 Å². The van der Waals surface area contributed by atoms with E-state index >= 15 is 0 Å². The molecule has 0 amide bonds. The minimum absolute atomic E-state index is 0. The molecule has 0 aromatic heterocycles. The Morgan fingerprint density at radius 1 is 0.962 bits per heavy atom. The van der Waals surface area contributed by atoms with Gasteiger partial charge in [0.25, 0.3) is 0 Å². The Morgan fingerprint density at radius 2 is 1.50 bits per heavy atom. The van der Waals surface area contributed by atoms with Gasteiger partial charge in [-0.25, -0.2) is 0 Å². The summed E-state index contributed by atoms with van der Waals surface area (Å²) in [5, 5.41) is 0.896. The highest BCUT2D eigenvalue weighted by Crippen LogP contribution is 2.32. The summed E-state index contributed by atoms with van der Waals surface area (Å²) in [4.78, 5) is 2.48. The first-order valence-electron chi connectivity index (χ1n) is 9.90. The average molecular weight is 494 g/mol. The number of nitrogens with zero attached hydrogens (tertiary/aromatic N) is 2. The van der Waals surface area contributed by atoms with Gasteiger partial charge in [0.15, 0.2) is 0 Å². The number of allylic oxidation sites excluding steroid dienone is 1. The van der Waals surface area contributed by atoms with E-state index in [1.807, 2.05) is 0 Å². The molecule has 2 atom stereocenters. The van der Waals surface area contributed by atoms with Crippen molar-refractivity contribution in [2.24, 2.45) is 23.3 Å². The quantitative estimate of drug-likeness (QED) is 0.312. The lowest BCUT2D eigenvalue weighted by molar-refractivity contribution is -0.938. The van der Waals surface area contributed by atoms with Gasteiger partial charge in [-0.2, -0.15) is 0 Å². The van der Waals surface area contributed by atoms with E-state index in [-0.39, 0.29) is 17.0 Å². The maximum atomic E-state index is 6.09. The Labute approximate surface area is 179 Å². The summed E-state index contributed by atoms with van der Waals surface area (Å²) in [6.45, 7) is 16.0. The number of nitrogens with two attached hydrogens (primary N) is 2. The molecule has 0 radical (unpaired) electrons. The SMILES string of the molecule is C=CCBr.C=CC[N+]12CCC(CC1)C(N)C2.NC1CN2CCC1CC2.[Br-].